The molecule has 0 spiro atoms. The summed E-state index contributed by atoms with van der Waals surface area (Å²) in [6.45, 7) is 0. The zero-order valence-corrected chi connectivity index (χ0v) is 9.81. The van der Waals surface area contributed by atoms with Crippen molar-refractivity contribution in [2.75, 3.05) is 12.4 Å². The highest BCUT2D eigenvalue weighted by molar-refractivity contribution is 9.09. The number of hydrogen-bond acceptors (Lipinski definition) is 1. The Balaban J connectivity index is 2.57. The minimum atomic E-state index is -0.274. The van der Waals surface area contributed by atoms with Gasteiger partial charge in [-0.05, 0) is 37.0 Å². The van der Waals surface area contributed by atoms with Crippen LogP contribution in [0.2, 0.25) is 0 Å². The van der Waals surface area contributed by atoms with Gasteiger partial charge < -0.3 is 4.74 Å². The van der Waals surface area contributed by atoms with E-state index in [0.29, 0.717) is 5.75 Å². The fourth-order valence-electron chi connectivity index (χ4n) is 1.29. The van der Waals surface area contributed by atoms with Gasteiger partial charge in [0, 0.05) is 5.33 Å². The molecule has 0 aliphatic carbocycles. The Bertz CT molecular complexity index is 289. The zero-order valence-electron chi connectivity index (χ0n) is 8.22. The lowest BCUT2D eigenvalue weighted by molar-refractivity contribution is 0.386. The first-order valence-corrected chi connectivity index (χ1v) is 5.78. The van der Waals surface area contributed by atoms with E-state index in [1.165, 1.54) is 7.11 Å². The van der Waals surface area contributed by atoms with E-state index in [0.717, 1.165) is 30.2 Å². The number of hydrogen-bond donors (Lipinski definition) is 0. The quantitative estimate of drug-likeness (QED) is 0.581. The third-order valence-corrected chi connectivity index (χ3v) is 2.63. The number of rotatable bonds is 5. The lowest BCUT2D eigenvalue weighted by Crippen LogP contribution is -1.91. The molecule has 0 atom stereocenters. The molecule has 0 unspecified atom stereocenters. The van der Waals surface area contributed by atoms with Crippen LogP contribution >= 0.6 is 15.9 Å². The maximum absolute atomic E-state index is 13.2. The van der Waals surface area contributed by atoms with Gasteiger partial charge in [-0.2, -0.15) is 0 Å². The predicted molar refractivity (Wildman–Crippen MR) is 59.7 cm³/mol. The SMILES string of the molecule is COc1ccc(CCCCBr)cc1F. The van der Waals surface area contributed by atoms with E-state index in [4.69, 9.17) is 4.74 Å². The highest BCUT2D eigenvalue weighted by Gasteiger charge is 2.02. The normalized spacial score (nSPS) is 10.2. The van der Waals surface area contributed by atoms with Crippen molar-refractivity contribution in [1.82, 2.24) is 0 Å². The Kier molecular flexibility index (Phi) is 4.94. The molecule has 0 heterocycles. The van der Waals surface area contributed by atoms with Crippen LogP contribution in [0, 0.1) is 5.82 Å². The average Bonchev–Trinajstić information content (AvgIpc) is 2.18. The largest absolute Gasteiger partial charge is 0.494 e. The Morgan fingerprint density at radius 2 is 2.14 bits per heavy atom. The molecule has 0 aromatic heterocycles. The van der Waals surface area contributed by atoms with Gasteiger partial charge in [0.05, 0.1) is 7.11 Å². The second kappa shape index (κ2) is 6.02. The van der Waals surface area contributed by atoms with Crippen molar-refractivity contribution in [3.63, 3.8) is 0 Å². The number of alkyl halides is 1. The molecule has 0 bridgehead atoms. The molecule has 1 aromatic carbocycles. The second-order valence-electron chi connectivity index (χ2n) is 3.11. The lowest BCUT2D eigenvalue weighted by atomic mass is 10.1. The summed E-state index contributed by atoms with van der Waals surface area (Å²) in [4.78, 5) is 0. The van der Waals surface area contributed by atoms with Gasteiger partial charge >= 0.3 is 0 Å². The summed E-state index contributed by atoms with van der Waals surface area (Å²) in [7, 11) is 1.48. The van der Waals surface area contributed by atoms with Crippen LogP contribution in [-0.4, -0.2) is 12.4 Å². The van der Waals surface area contributed by atoms with Gasteiger partial charge in [0.2, 0.25) is 0 Å². The smallest absolute Gasteiger partial charge is 0.165 e. The number of unbranched alkanes of at least 4 members (excludes halogenated alkanes) is 1. The molecule has 1 rings (SSSR count). The Hall–Kier alpha value is -0.570. The van der Waals surface area contributed by atoms with E-state index in [2.05, 4.69) is 15.9 Å². The summed E-state index contributed by atoms with van der Waals surface area (Å²) < 4.78 is 18.1. The Morgan fingerprint density at radius 3 is 2.71 bits per heavy atom. The molecule has 1 aromatic rings. The fourth-order valence-corrected chi connectivity index (χ4v) is 1.69. The van der Waals surface area contributed by atoms with Crippen molar-refractivity contribution >= 4 is 15.9 Å². The molecule has 0 amide bonds. The third kappa shape index (κ3) is 3.29. The first-order valence-electron chi connectivity index (χ1n) is 4.66. The van der Waals surface area contributed by atoms with Crippen LogP contribution in [0.4, 0.5) is 4.39 Å². The van der Waals surface area contributed by atoms with Crippen LogP contribution in [0.15, 0.2) is 18.2 Å². The molecule has 0 saturated carbocycles. The van der Waals surface area contributed by atoms with E-state index < -0.39 is 0 Å². The maximum Gasteiger partial charge on any atom is 0.165 e. The van der Waals surface area contributed by atoms with Crippen molar-refractivity contribution in [2.45, 2.75) is 19.3 Å². The summed E-state index contributed by atoms with van der Waals surface area (Å²) >= 11 is 3.37. The highest BCUT2D eigenvalue weighted by atomic mass is 79.9. The Morgan fingerprint density at radius 1 is 1.36 bits per heavy atom. The number of ether oxygens (including phenoxy) is 1. The van der Waals surface area contributed by atoms with Crippen molar-refractivity contribution in [3.8, 4) is 5.75 Å². The minimum absolute atomic E-state index is 0.274. The Labute approximate surface area is 92.4 Å². The summed E-state index contributed by atoms with van der Waals surface area (Å²) in [6, 6.07) is 5.14. The van der Waals surface area contributed by atoms with E-state index >= 15 is 0 Å². The first kappa shape index (κ1) is 11.5. The minimum Gasteiger partial charge on any atom is -0.494 e. The third-order valence-electron chi connectivity index (χ3n) is 2.07. The van der Waals surface area contributed by atoms with E-state index in [1.54, 1.807) is 12.1 Å². The number of halogens is 2. The van der Waals surface area contributed by atoms with Crippen LogP contribution < -0.4 is 4.74 Å². The molecule has 0 radical (unpaired) electrons. The maximum atomic E-state index is 13.2. The molecule has 78 valence electrons. The summed E-state index contributed by atoms with van der Waals surface area (Å²) in [5, 5.41) is 1.01. The van der Waals surface area contributed by atoms with Crippen molar-refractivity contribution < 1.29 is 9.13 Å². The number of methoxy groups -OCH3 is 1. The first-order chi connectivity index (χ1) is 6.77. The number of benzene rings is 1. The lowest BCUT2D eigenvalue weighted by Gasteiger charge is -2.04. The molecule has 0 N–H and O–H groups in total. The van der Waals surface area contributed by atoms with Gasteiger partial charge in [-0.3, -0.25) is 0 Å². The summed E-state index contributed by atoms with van der Waals surface area (Å²) in [5.41, 5.74) is 1.03. The molecule has 0 aliphatic heterocycles. The average molecular weight is 261 g/mol. The highest BCUT2D eigenvalue weighted by Crippen LogP contribution is 2.18. The number of aryl methyl sites for hydroxylation is 1. The zero-order chi connectivity index (χ0) is 10.4. The van der Waals surface area contributed by atoms with Gasteiger partial charge in [0.25, 0.3) is 0 Å². The van der Waals surface area contributed by atoms with Crippen LogP contribution in [-0.2, 0) is 6.42 Å². The standard InChI is InChI=1S/C11H14BrFO/c1-14-11-6-5-9(8-10(11)13)4-2-3-7-12/h5-6,8H,2-4,7H2,1H3. The van der Waals surface area contributed by atoms with Crippen LogP contribution in [0.5, 0.6) is 5.75 Å². The topological polar surface area (TPSA) is 9.23 Å². The molecular formula is C11H14BrFO. The molecule has 14 heavy (non-hydrogen) atoms. The van der Waals surface area contributed by atoms with Gasteiger partial charge in [-0.1, -0.05) is 22.0 Å². The summed E-state index contributed by atoms with van der Waals surface area (Å²) in [5.74, 6) is 0.0399. The molecule has 0 aliphatic rings. The fraction of sp³-hybridized carbons (Fsp3) is 0.455. The van der Waals surface area contributed by atoms with Crippen LogP contribution in [0.3, 0.4) is 0 Å². The van der Waals surface area contributed by atoms with Crippen molar-refractivity contribution in [1.29, 1.82) is 0 Å². The van der Waals surface area contributed by atoms with Crippen LogP contribution in [0.25, 0.3) is 0 Å². The predicted octanol–water partition coefficient (Wildman–Crippen LogP) is 3.55. The monoisotopic (exact) mass is 260 g/mol. The molecule has 3 heteroatoms. The molecule has 0 saturated heterocycles. The summed E-state index contributed by atoms with van der Waals surface area (Å²) in [6.07, 6.45) is 3.12. The van der Waals surface area contributed by atoms with Gasteiger partial charge in [-0.25, -0.2) is 4.39 Å². The molecule has 0 fully saturated rings. The van der Waals surface area contributed by atoms with Crippen LogP contribution in [0.1, 0.15) is 18.4 Å². The van der Waals surface area contributed by atoms with E-state index in [-0.39, 0.29) is 5.82 Å². The van der Waals surface area contributed by atoms with Crippen molar-refractivity contribution in [2.24, 2.45) is 0 Å². The van der Waals surface area contributed by atoms with E-state index in [1.807, 2.05) is 6.07 Å². The van der Waals surface area contributed by atoms with Gasteiger partial charge in [0.1, 0.15) is 0 Å². The van der Waals surface area contributed by atoms with E-state index in [9.17, 15) is 4.39 Å². The molecule has 1 nitrogen and oxygen atoms in total. The van der Waals surface area contributed by atoms with Gasteiger partial charge in [-0.15, -0.1) is 0 Å². The van der Waals surface area contributed by atoms with Gasteiger partial charge in [0.15, 0.2) is 11.6 Å². The second-order valence-corrected chi connectivity index (χ2v) is 3.91. The van der Waals surface area contributed by atoms with Crippen molar-refractivity contribution in [3.05, 3.63) is 29.6 Å². The molecular weight excluding hydrogens is 247 g/mol.